The highest BCUT2D eigenvalue weighted by Gasteiger charge is 2.35. The third-order valence-electron chi connectivity index (χ3n) is 2.11. The third-order valence-corrected chi connectivity index (χ3v) is 2.11. The lowest BCUT2D eigenvalue weighted by Crippen LogP contribution is -2.29. The molecule has 5 heteroatoms. The molecular formula is C8H11N3O2. The Morgan fingerprint density at radius 2 is 2.54 bits per heavy atom. The van der Waals surface area contributed by atoms with E-state index in [0.29, 0.717) is 0 Å². The van der Waals surface area contributed by atoms with Gasteiger partial charge in [0.2, 0.25) is 5.76 Å². The van der Waals surface area contributed by atoms with Gasteiger partial charge in [-0.15, -0.1) is 0 Å². The Kier molecular flexibility index (Phi) is 1.81. The molecule has 3 N–H and O–H groups in total. The summed E-state index contributed by atoms with van der Waals surface area (Å²) in [5.74, 6) is 0.0482. The van der Waals surface area contributed by atoms with Gasteiger partial charge in [0.1, 0.15) is 0 Å². The summed E-state index contributed by atoms with van der Waals surface area (Å²) in [7, 11) is 0. The summed E-state index contributed by atoms with van der Waals surface area (Å²) in [5.41, 5.74) is 6.29. The molecule has 0 aliphatic heterocycles. The predicted molar refractivity (Wildman–Crippen MR) is 45.1 cm³/mol. The van der Waals surface area contributed by atoms with Gasteiger partial charge in [0.25, 0.3) is 5.91 Å². The second kappa shape index (κ2) is 2.85. The van der Waals surface area contributed by atoms with Crippen molar-refractivity contribution in [2.24, 2.45) is 5.73 Å². The number of aromatic nitrogens is 1. The molecule has 70 valence electrons. The van der Waals surface area contributed by atoms with Gasteiger partial charge in [-0.1, -0.05) is 5.16 Å². The molecule has 2 unspecified atom stereocenters. The zero-order valence-electron chi connectivity index (χ0n) is 7.28. The number of hydrogen-bond acceptors (Lipinski definition) is 4. The molecule has 1 amide bonds. The fourth-order valence-corrected chi connectivity index (χ4v) is 1.12. The van der Waals surface area contributed by atoms with Crippen molar-refractivity contribution >= 4 is 5.91 Å². The first-order valence-electron chi connectivity index (χ1n) is 4.16. The van der Waals surface area contributed by atoms with Gasteiger partial charge in [-0.3, -0.25) is 4.79 Å². The molecule has 1 saturated carbocycles. The number of nitrogens with one attached hydrogen (secondary N) is 1. The van der Waals surface area contributed by atoms with Crippen LogP contribution in [-0.2, 0) is 0 Å². The van der Waals surface area contributed by atoms with E-state index >= 15 is 0 Å². The Morgan fingerprint density at radius 1 is 1.85 bits per heavy atom. The molecule has 5 nitrogen and oxygen atoms in total. The number of rotatable bonds is 2. The van der Waals surface area contributed by atoms with Crippen molar-refractivity contribution in [2.45, 2.75) is 25.4 Å². The Morgan fingerprint density at radius 3 is 3.00 bits per heavy atom. The predicted octanol–water partition coefficient (Wildman–Crippen LogP) is -0.188. The van der Waals surface area contributed by atoms with E-state index in [1.807, 2.05) is 0 Å². The van der Waals surface area contributed by atoms with Gasteiger partial charge < -0.3 is 15.6 Å². The van der Waals surface area contributed by atoms with Crippen molar-refractivity contribution < 1.29 is 9.32 Å². The number of carbonyl (C=O) groups is 1. The minimum atomic E-state index is -0.229. The summed E-state index contributed by atoms with van der Waals surface area (Å²) < 4.78 is 4.79. The Hall–Kier alpha value is -1.36. The number of nitrogens with zero attached hydrogens (tertiary/aromatic N) is 1. The molecule has 0 aromatic carbocycles. The van der Waals surface area contributed by atoms with Gasteiger partial charge in [-0.25, -0.2) is 0 Å². The van der Waals surface area contributed by atoms with Crippen molar-refractivity contribution in [2.75, 3.05) is 0 Å². The average Bonchev–Trinajstić information content (AvgIpc) is 2.62. The van der Waals surface area contributed by atoms with E-state index in [0.717, 1.165) is 12.0 Å². The van der Waals surface area contributed by atoms with Crippen molar-refractivity contribution in [3.8, 4) is 0 Å². The van der Waals surface area contributed by atoms with Crippen LogP contribution >= 0.6 is 0 Å². The maximum atomic E-state index is 11.4. The van der Waals surface area contributed by atoms with Gasteiger partial charge in [0, 0.05) is 17.6 Å². The maximum Gasteiger partial charge on any atom is 0.290 e. The van der Waals surface area contributed by atoms with Crippen LogP contribution in [0.2, 0.25) is 0 Å². The summed E-state index contributed by atoms with van der Waals surface area (Å²) in [4.78, 5) is 11.4. The highest BCUT2D eigenvalue weighted by molar-refractivity contribution is 5.93. The molecule has 2 atom stereocenters. The lowest BCUT2D eigenvalue weighted by atomic mass is 10.3. The van der Waals surface area contributed by atoms with Crippen LogP contribution in [0.3, 0.4) is 0 Å². The van der Waals surface area contributed by atoms with E-state index in [-0.39, 0.29) is 23.8 Å². The van der Waals surface area contributed by atoms with Crippen LogP contribution in [0.15, 0.2) is 10.7 Å². The molecule has 2 rings (SSSR count). The number of amides is 1. The monoisotopic (exact) mass is 181 g/mol. The van der Waals surface area contributed by atoms with Gasteiger partial charge >= 0.3 is 0 Å². The Labute approximate surface area is 75.3 Å². The van der Waals surface area contributed by atoms with Crippen LogP contribution < -0.4 is 11.1 Å². The van der Waals surface area contributed by atoms with Crippen molar-refractivity contribution in [3.63, 3.8) is 0 Å². The molecule has 0 saturated heterocycles. The first-order valence-corrected chi connectivity index (χ1v) is 4.16. The van der Waals surface area contributed by atoms with Gasteiger partial charge in [-0.2, -0.15) is 0 Å². The largest absolute Gasteiger partial charge is 0.351 e. The normalized spacial score (nSPS) is 25.7. The van der Waals surface area contributed by atoms with E-state index in [4.69, 9.17) is 10.3 Å². The molecular weight excluding hydrogens is 170 g/mol. The van der Waals surface area contributed by atoms with E-state index in [1.54, 1.807) is 6.92 Å². The topological polar surface area (TPSA) is 81.2 Å². The fraction of sp³-hybridized carbons (Fsp3) is 0.500. The second-order valence-corrected chi connectivity index (χ2v) is 3.32. The highest BCUT2D eigenvalue weighted by Crippen LogP contribution is 2.18. The molecule has 1 heterocycles. The lowest BCUT2D eigenvalue weighted by Gasteiger charge is -1.99. The lowest BCUT2D eigenvalue weighted by molar-refractivity contribution is 0.0912. The van der Waals surface area contributed by atoms with Crippen molar-refractivity contribution in [3.05, 3.63) is 17.5 Å². The van der Waals surface area contributed by atoms with E-state index in [2.05, 4.69) is 10.5 Å². The van der Waals surface area contributed by atoms with Crippen molar-refractivity contribution in [1.82, 2.24) is 10.5 Å². The standard InChI is InChI=1S/C8H11N3O2/c1-4-3-10-13-7(4)8(12)11-6-2-5(6)9/h3,5-6H,2,9H2,1H3,(H,11,12). The maximum absolute atomic E-state index is 11.4. The minimum absolute atomic E-state index is 0.104. The zero-order valence-corrected chi connectivity index (χ0v) is 7.28. The first kappa shape index (κ1) is 8.25. The Bertz CT molecular complexity index is 334. The molecule has 0 bridgehead atoms. The molecule has 0 spiro atoms. The summed E-state index contributed by atoms with van der Waals surface area (Å²) in [6, 6.07) is 0.212. The van der Waals surface area contributed by atoms with E-state index in [1.165, 1.54) is 6.20 Å². The summed E-state index contributed by atoms with van der Waals surface area (Å²) in [5, 5.41) is 6.27. The fourth-order valence-electron chi connectivity index (χ4n) is 1.12. The van der Waals surface area contributed by atoms with Crippen LogP contribution in [-0.4, -0.2) is 23.1 Å². The van der Waals surface area contributed by atoms with Gasteiger partial charge in [0.05, 0.1) is 6.20 Å². The van der Waals surface area contributed by atoms with Crippen LogP contribution in [0.25, 0.3) is 0 Å². The summed E-state index contributed by atoms with van der Waals surface area (Å²) >= 11 is 0. The number of carbonyl (C=O) groups excluding carboxylic acids is 1. The summed E-state index contributed by atoms with van der Waals surface area (Å²) in [6.45, 7) is 1.78. The second-order valence-electron chi connectivity index (χ2n) is 3.32. The molecule has 1 fully saturated rings. The number of aryl methyl sites for hydroxylation is 1. The van der Waals surface area contributed by atoms with Crippen LogP contribution in [0, 0.1) is 6.92 Å². The minimum Gasteiger partial charge on any atom is -0.351 e. The van der Waals surface area contributed by atoms with Crippen molar-refractivity contribution in [1.29, 1.82) is 0 Å². The molecule has 1 aliphatic carbocycles. The summed E-state index contributed by atoms with van der Waals surface area (Å²) in [6.07, 6.45) is 2.36. The molecule has 1 aromatic rings. The molecule has 13 heavy (non-hydrogen) atoms. The zero-order chi connectivity index (χ0) is 9.42. The van der Waals surface area contributed by atoms with E-state index < -0.39 is 0 Å². The molecule has 1 aliphatic rings. The number of hydrogen-bond donors (Lipinski definition) is 2. The smallest absolute Gasteiger partial charge is 0.290 e. The Balaban J connectivity index is 2.01. The van der Waals surface area contributed by atoms with E-state index in [9.17, 15) is 4.79 Å². The number of nitrogens with two attached hydrogens (primary N) is 1. The third kappa shape index (κ3) is 1.55. The van der Waals surface area contributed by atoms with Gasteiger partial charge in [-0.05, 0) is 13.3 Å². The van der Waals surface area contributed by atoms with Crippen LogP contribution in [0.1, 0.15) is 22.5 Å². The first-order chi connectivity index (χ1) is 6.18. The van der Waals surface area contributed by atoms with Gasteiger partial charge in [0.15, 0.2) is 0 Å². The SMILES string of the molecule is Cc1cnoc1C(=O)NC1CC1N. The molecule has 1 aromatic heterocycles. The van der Waals surface area contributed by atoms with Crippen LogP contribution in [0.5, 0.6) is 0 Å². The average molecular weight is 181 g/mol. The molecule has 0 radical (unpaired) electrons. The quantitative estimate of drug-likeness (QED) is 0.662. The highest BCUT2D eigenvalue weighted by atomic mass is 16.5. The van der Waals surface area contributed by atoms with Crippen LogP contribution in [0.4, 0.5) is 0 Å².